The summed E-state index contributed by atoms with van der Waals surface area (Å²) in [4.78, 5) is 17.1. The third-order valence-electron chi connectivity index (χ3n) is 5.19. The van der Waals surface area contributed by atoms with E-state index < -0.39 is 15.9 Å². The Kier molecular flexibility index (Phi) is 6.74. The second-order valence-electron chi connectivity index (χ2n) is 7.57. The van der Waals surface area contributed by atoms with Crippen molar-refractivity contribution in [3.63, 3.8) is 0 Å². The summed E-state index contributed by atoms with van der Waals surface area (Å²) in [6.45, 7) is 0.622. The minimum atomic E-state index is -3.80. The van der Waals surface area contributed by atoms with Gasteiger partial charge in [0.1, 0.15) is 11.6 Å². The molecule has 0 saturated carbocycles. The van der Waals surface area contributed by atoms with Crippen LogP contribution in [-0.4, -0.2) is 43.6 Å². The zero-order chi connectivity index (χ0) is 23.3. The number of rotatable bonds is 6. The molecule has 0 spiro atoms. The number of carbonyl (C=O) groups is 1. The number of amidine groups is 1. The molecular weight excluding hydrogens is 442 g/mol. The third-order valence-corrected chi connectivity index (χ3v) is 6.57. The van der Waals surface area contributed by atoms with Crippen molar-refractivity contribution in [2.24, 2.45) is 4.99 Å². The Balaban J connectivity index is 1.46. The molecule has 2 heterocycles. The van der Waals surface area contributed by atoms with Crippen molar-refractivity contribution in [3.05, 3.63) is 66.5 Å². The molecule has 2 aromatic carbocycles. The standard InChI is InChI=1S/C23H25N5O4S/c1-32-19-11-9-18(10-12-19)28-15-13-21(26-28)23(29)25-17-6-5-7-20(16-17)33(30,31)27-22-8-3-2-4-14-24-22/h5-7,9-13,15-16H,2-4,8,14H2,1H3,(H,24,27)(H,25,29). The highest BCUT2D eigenvalue weighted by Gasteiger charge is 2.18. The molecule has 0 bridgehead atoms. The maximum absolute atomic E-state index is 12.8. The van der Waals surface area contributed by atoms with E-state index in [4.69, 9.17) is 4.74 Å². The summed E-state index contributed by atoms with van der Waals surface area (Å²) < 4.78 is 34.9. The van der Waals surface area contributed by atoms with Gasteiger partial charge in [-0.05, 0) is 61.4 Å². The van der Waals surface area contributed by atoms with Crippen LogP contribution in [0.5, 0.6) is 5.75 Å². The molecule has 4 rings (SSSR count). The maximum Gasteiger partial charge on any atom is 0.276 e. The van der Waals surface area contributed by atoms with Gasteiger partial charge in [-0.25, -0.2) is 13.1 Å². The van der Waals surface area contributed by atoms with E-state index in [1.165, 1.54) is 12.1 Å². The van der Waals surface area contributed by atoms with Crippen LogP contribution < -0.4 is 14.8 Å². The minimum absolute atomic E-state index is 0.0519. The van der Waals surface area contributed by atoms with Crippen molar-refractivity contribution in [2.75, 3.05) is 19.0 Å². The summed E-state index contributed by atoms with van der Waals surface area (Å²) in [5.74, 6) is 0.753. The van der Waals surface area contributed by atoms with E-state index >= 15 is 0 Å². The quantitative estimate of drug-likeness (QED) is 0.577. The number of ether oxygens (including phenoxy) is 1. The van der Waals surface area contributed by atoms with Gasteiger partial charge in [-0.15, -0.1) is 0 Å². The van der Waals surface area contributed by atoms with Crippen molar-refractivity contribution < 1.29 is 17.9 Å². The molecule has 33 heavy (non-hydrogen) atoms. The Morgan fingerprint density at radius 1 is 1.06 bits per heavy atom. The number of nitrogens with zero attached hydrogens (tertiary/aromatic N) is 3. The summed E-state index contributed by atoms with van der Waals surface area (Å²) in [7, 11) is -2.21. The summed E-state index contributed by atoms with van der Waals surface area (Å²) in [5, 5.41) is 7.02. The molecule has 1 aromatic heterocycles. The lowest BCUT2D eigenvalue weighted by molar-refractivity contribution is 0.102. The smallest absolute Gasteiger partial charge is 0.276 e. The molecule has 0 atom stereocenters. The number of aromatic nitrogens is 2. The van der Waals surface area contributed by atoms with Crippen molar-refractivity contribution in [1.82, 2.24) is 14.5 Å². The number of anilines is 1. The van der Waals surface area contributed by atoms with E-state index in [0.29, 0.717) is 24.5 Å². The maximum atomic E-state index is 12.8. The second-order valence-corrected chi connectivity index (χ2v) is 9.25. The minimum Gasteiger partial charge on any atom is -0.497 e. The monoisotopic (exact) mass is 467 g/mol. The van der Waals surface area contributed by atoms with Gasteiger partial charge >= 0.3 is 0 Å². The molecular formula is C23H25N5O4S. The second kappa shape index (κ2) is 9.86. The van der Waals surface area contributed by atoms with Gasteiger partial charge in [0.25, 0.3) is 15.9 Å². The Bertz CT molecular complexity index is 1270. The molecule has 10 heteroatoms. The largest absolute Gasteiger partial charge is 0.497 e. The first-order valence-electron chi connectivity index (χ1n) is 10.6. The number of nitrogens with one attached hydrogen (secondary N) is 2. The van der Waals surface area contributed by atoms with Crippen LogP contribution in [0.2, 0.25) is 0 Å². The van der Waals surface area contributed by atoms with Gasteiger partial charge in [0, 0.05) is 24.8 Å². The summed E-state index contributed by atoms with van der Waals surface area (Å²) in [6, 6.07) is 14.9. The SMILES string of the molecule is COc1ccc(-n2ccc(C(=O)Nc3cccc(S(=O)(=O)NC4=NCCCCC4)c3)n2)cc1. The van der Waals surface area contributed by atoms with Crippen LogP contribution in [0.4, 0.5) is 5.69 Å². The van der Waals surface area contributed by atoms with E-state index in [0.717, 1.165) is 30.7 Å². The molecule has 0 radical (unpaired) electrons. The van der Waals surface area contributed by atoms with E-state index in [9.17, 15) is 13.2 Å². The van der Waals surface area contributed by atoms with Crippen LogP contribution in [0.1, 0.15) is 36.2 Å². The molecule has 3 aromatic rings. The molecule has 0 saturated heterocycles. The topological polar surface area (TPSA) is 115 Å². The van der Waals surface area contributed by atoms with Gasteiger partial charge in [0.05, 0.1) is 17.7 Å². The fourth-order valence-electron chi connectivity index (χ4n) is 3.43. The van der Waals surface area contributed by atoms with Gasteiger partial charge in [0.2, 0.25) is 0 Å². The fraction of sp³-hybridized carbons (Fsp3) is 0.261. The molecule has 172 valence electrons. The molecule has 1 amide bonds. The number of amides is 1. The Morgan fingerprint density at radius 3 is 2.67 bits per heavy atom. The first kappa shape index (κ1) is 22.5. The van der Waals surface area contributed by atoms with Crippen molar-refractivity contribution >= 4 is 27.5 Å². The average molecular weight is 468 g/mol. The fourth-order valence-corrected chi connectivity index (χ4v) is 4.57. The average Bonchev–Trinajstić information content (AvgIpc) is 3.18. The van der Waals surface area contributed by atoms with E-state index in [-0.39, 0.29) is 10.6 Å². The lowest BCUT2D eigenvalue weighted by atomic mass is 10.2. The Labute approximate surface area is 192 Å². The lowest BCUT2D eigenvalue weighted by Gasteiger charge is -2.11. The van der Waals surface area contributed by atoms with Crippen LogP contribution in [0.15, 0.2) is 70.7 Å². The Morgan fingerprint density at radius 2 is 1.88 bits per heavy atom. The number of hydrogen-bond donors (Lipinski definition) is 2. The van der Waals surface area contributed by atoms with Gasteiger partial charge in [-0.3, -0.25) is 14.5 Å². The Hall–Kier alpha value is -3.66. The summed E-state index contributed by atoms with van der Waals surface area (Å²) >= 11 is 0. The molecule has 1 aliphatic heterocycles. The molecule has 1 aliphatic rings. The van der Waals surface area contributed by atoms with Gasteiger partial charge in [0.15, 0.2) is 5.69 Å². The van der Waals surface area contributed by atoms with Crippen LogP contribution >= 0.6 is 0 Å². The normalized spacial score (nSPS) is 14.2. The first-order chi connectivity index (χ1) is 15.9. The third kappa shape index (κ3) is 5.58. The highest BCUT2D eigenvalue weighted by molar-refractivity contribution is 7.90. The van der Waals surface area contributed by atoms with Crippen LogP contribution in [0.3, 0.4) is 0 Å². The van der Waals surface area contributed by atoms with Crippen molar-refractivity contribution in [1.29, 1.82) is 0 Å². The molecule has 2 N–H and O–H groups in total. The number of aliphatic imine (C=N–C) groups is 1. The highest BCUT2D eigenvalue weighted by atomic mass is 32.2. The zero-order valence-corrected chi connectivity index (χ0v) is 19.0. The van der Waals surface area contributed by atoms with Crippen LogP contribution in [-0.2, 0) is 10.0 Å². The number of hydrogen-bond acceptors (Lipinski definition) is 6. The highest BCUT2D eigenvalue weighted by Crippen LogP contribution is 2.18. The molecule has 9 nitrogen and oxygen atoms in total. The van der Waals surface area contributed by atoms with Crippen LogP contribution in [0, 0.1) is 0 Å². The number of carbonyl (C=O) groups excluding carboxylic acids is 1. The van der Waals surface area contributed by atoms with E-state index in [1.807, 2.05) is 12.1 Å². The zero-order valence-electron chi connectivity index (χ0n) is 18.2. The van der Waals surface area contributed by atoms with Crippen molar-refractivity contribution in [2.45, 2.75) is 30.6 Å². The first-order valence-corrected chi connectivity index (χ1v) is 12.1. The molecule has 0 aliphatic carbocycles. The number of sulfonamides is 1. The van der Waals surface area contributed by atoms with E-state index in [1.54, 1.807) is 48.3 Å². The van der Waals surface area contributed by atoms with Crippen LogP contribution in [0.25, 0.3) is 5.69 Å². The number of methoxy groups -OCH3 is 1. The van der Waals surface area contributed by atoms with Gasteiger partial charge in [-0.2, -0.15) is 5.10 Å². The lowest BCUT2D eigenvalue weighted by Crippen LogP contribution is -2.30. The van der Waals surface area contributed by atoms with Gasteiger partial charge in [-0.1, -0.05) is 12.5 Å². The van der Waals surface area contributed by atoms with E-state index in [2.05, 4.69) is 20.1 Å². The van der Waals surface area contributed by atoms with Crippen molar-refractivity contribution in [3.8, 4) is 11.4 Å². The molecule has 0 fully saturated rings. The summed E-state index contributed by atoms with van der Waals surface area (Å²) in [6.07, 6.45) is 5.17. The predicted octanol–water partition coefficient (Wildman–Crippen LogP) is 3.38. The summed E-state index contributed by atoms with van der Waals surface area (Å²) in [5.41, 5.74) is 1.32. The molecule has 0 unspecified atom stereocenters. The number of benzene rings is 2. The predicted molar refractivity (Wildman–Crippen MR) is 126 cm³/mol. The van der Waals surface area contributed by atoms with Gasteiger partial charge < -0.3 is 10.1 Å².